The lowest BCUT2D eigenvalue weighted by atomic mass is 9.34. The summed E-state index contributed by atoms with van der Waals surface area (Å²) in [4.78, 5) is 139. The van der Waals surface area contributed by atoms with Gasteiger partial charge in [0.25, 0.3) is 22.2 Å². The molecule has 3 aliphatic carbocycles. The Morgan fingerprint density at radius 2 is 1.18 bits per heavy atom. The van der Waals surface area contributed by atoms with Gasteiger partial charge in [0, 0.05) is 142 Å². The number of carbonyl (C=O) groups excluding carboxylic acids is 8. The summed E-state index contributed by atoms with van der Waals surface area (Å²) in [7, 11) is -1.40. The third-order valence-corrected chi connectivity index (χ3v) is 22.5. The number of primary amides is 1. The molecule has 11 rings (SSSR count). The fourth-order valence-electron chi connectivity index (χ4n) is 14.9. The van der Waals surface area contributed by atoms with E-state index in [2.05, 4.69) is 25.9 Å². The average Bonchev–Trinajstić information content (AvgIpc) is 1.58. The van der Waals surface area contributed by atoms with Gasteiger partial charge in [-0.05, 0) is 116 Å². The normalized spacial score (nSPS) is 18.7. The first-order valence-corrected chi connectivity index (χ1v) is 40.3. The van der Waals surface area contributed by atoms with Crippen LogP contribution in [0.3, 0.4) is 0 Å². The molecule has 0 saturated heterocycles. The molecule has 2 aromatic heterocycles. The molecule has 604 valence electrons. The van der Waals surface area contributed by atoms with Crippen LogP contribution in [0.5, 0.6) is 11.5 Å². The van der Waals surface area contributed by atoms with E-state index in [1.54, 1.807) is 78.0 Å². The van der Waals surface area contributed by atoms with Crippen LogP contribution in [0.25, 0.3) is 21.8 Å². The van der Waals surface area contributed by atoms with Crippen molar-refractivity contribution in [2.24, 2.45) is 28.4 Å². The lowest BCUT2D eigenvalue weighted by Crippen LogP contribution is -2.73. The van der Waals surface area contributed by atoms with Crippen molar-refractivity contribution in [1.82, 2.24) is 35.3 Å². The van der Waals surface area contributed by atoms with Gasteiger partial charge in [0.1, 0.15) is 6.61 Å². The third kappa shape index (κ3) is 21.1. The highest BCUT2D eigenvalue weighted by molar-refractivity contribution is 7.80. The van der Waals surface area contributed by atoms with Gasteiger partial charge in [0.05, 0.1) is 125 Å². The summed E-state index contributed by atoms with van der Waals surface area (Å²) in [6.07, 6.45) is 7.40. The van der Waals surface area contributed by atoms with Gasteiger partial charge in [-0.1, -0.05) is 26.0 Å². The molecular formula is C75H98Cl2N11O20PS2. The smallest absolute Gasteiger partial charge is 0.466 e. The first-order valence-electron chi connectivity index (χ1n) is 36.9. The van der Waals surface area contributed by atoms with Crippen molar-refractivity contribution in [1.29, 1.82) is 0 Å². The van der Waals surface area contributed by atoms with Gasteiger partial charge in [0.15, 0.2) is 17.3 Å². The molecule has 3 fully saturated rings. The Bertz CT molecular complexity index is 4290. The maximum absolute atomic E-state index is 15.0. The number of imide groups is 1. The molecule has 5 heterocycles. The number of aromatic amines is 2. The number of anilines is 3. The number of amides is 8. The Hall–Kier alpha value is -7.89. The molecule has 0 spiro atoms. The van der Waals surface area contributed by atoms with Crippen LogP contribution in [0.2, 0.25) is 0 Å². The van der Waals surface area contributed by atoms with Crippen LogP contribution in [0.15, 0.2) is 60.9 Å². The summed E-state index contributed by atoms with van der Waals surface area (Å²) in [5.74, 6) is -2.95. The van der Waals surface area contributed by atoms with Crippen LogP contribution in [-0.2, 0) is 77.9 Å². The summed E-state index contributed by atoms with van der Waals surface area (Å²) in [6, 6.07) is 8.68. The van der Waals surface area contributed by atoms with E-state index < -0.39 is 48.5 Å². The number of urea groups is 1. The summed E-state index contributed by atoms with van der Waals surface area (Å²) < 4.78 is 62.8. The van der Waals surface area contributed by atoms with Gasteiger partial charge in [-0.3, -0.25) is 48.2 Å². The number of ether oxygens (including phenoxy) is 8. The molecule has 3 aliphatic heterocycles. The molecule has 31 nitrogen and oxygen atoms in total. The van der Waals surface area contributed by atoms with Crippen LogP contribution in [0.4, 0.5) is 21.9 Å². The summed E-state index contributed by atoms with van der Waals surface area (Å²) >= 11 is 24.9. The number of hydrogen-bond donors (Lipinski definition) is 8. The van der Waals surface area contributed by atoms with Gasteiger partial charge < -0.3 is 93.7 Å². The number of likely N-dealkylation sites (N-methyl/N-ethyl adjacent to an activating group) is 2. The zero-order chi connectivity index (χ0) is 79.9. The van der Waals surface area contributed by atoms with Crippen LogP contribution in [0, 0.1) is 36.5 Å². The predicted octanol–water partition coefficient (Wildman–Crippen LogP) is 7.49. The lowest BCUT2D eigenvalue weighted by Gasteiger charge is -2.69. The quantitative estimate of drug-likeness (QED) is 0.00615. The number of benzene rings is 3. The number of nitrogens with two attached hydrogens (primary N) is 1. The number of Topliss-reactive ketones (excluding diaryl/α,β-unsaturated/α-hetero) is 1. The number of phosphoric acid groups is 1. The number of halogens is 2. The number of ketones is 1. The van der Waals surface area contributed by atoms with Gasteiger partial charge in [-0.2, -0.15) is 0 Å². The van der Waals surface area contributed by atoms with E-state index in [0.717, 1.165) is 38.1 Å². The van der Waals surface area contributed by atoms with E-state index in [-0.39, 0.29) is 147 Å². The number of nitrogens with one attached hydrogen (secondary N) is 5. The summed E-state index contributed by atoms with van der Waals surface area (Å²) in [5, 5.41) is 10.2. The van der Waals surface area contributed by atoms with E-state index in [0.29, 0.717) is 137 Å². The maximum atomic E-state index is 15.0. The Labute approximate surface area is 664 Å². The molecule has 0 radical (unpaired) electrons. The van der Waals surface area contributed by atoms with Crippen molar-refractivity contribution in [2.45, 2.75) is 97.1 Å². The molecule has 2 bridgehead atoms. The number of carbonyl (C=O) groups is 8. The summed E-state index contributed by atoms with van der Waals surface area (Å²) in [5.41, 5.74) is 10.6. The van der Waals surface area contributed by atoms with Crippen LogP contribution in [-0.4, -0.2) is 243 Å². The molecule has 111 heavy (non-hydrogen) atoms. The minimum Gasteiger partial charge on any atom is -0.466 e. The number of aromatic nitrogens is 2. The second-order valence-corrected chi connectivity index (χ2v) is 31.4. The first-order chi connectivity index (χ1) is 53.1. The van der Waals surface area contributed by atoms with Crippen molar-refractivity contribution >= 4 is 152 Å². The average molecular weight is 1640 g/mol. The highest BCUT2D eigenvalue weighted by Gasteiger charge is 2.76. The second kappa shape index (κ2) is 38.8. The van der Waals surface area contributed by atoms with Crippen molar-refractivity contribution in [2.75, 3.05) is 160 Å². The number of thiocarbonyl (C=S) groups is 2. The number of hydrogen-bond acceptors (Lipinski definition) is 20. The highest BCUT2D eigenvalue weighted by Crippen LogP contribution is 2.75. The molecule has 3 aromatic carbocycles. The number of aryl methyl sites for hydroxylation is 2. The van der Waals surface area contributed by atoms with Gasteiger partial charge >= 0.3 is 13.9 Å². The zero-order valence-corrected chi connectivity index (χ0v) is 67.1. The molecule has 4 unspecified atom stereocenters. The van der Waals surface area contributed by atoms with Crippen molar-refractivity contribution in [3.63, 3.8) is 0 Å². The van der Waals surface area contributed by atoms with Gasteiger partial charge in [-0.15, -0.1) is 23.2 Å². The monoisotopic (exact) mass is 1640 g/mol. The molecule has 5 aromatic rings. The van der Waals surface area contributed by atoms with Gasteiger partial charge in [-0.25, -0.2) is 9.36 Å². The fourth-order valence-corrected chi connectivity index (χ4v) is 16.1. The lowest BCUT2D eigenvalue weighted by molar-refractivity contribution is -0.205. The fraction of sp³-hybridized carbons (Fsp3) is 0.547. The third-order valence-electron chi connectivity index (χ3n) is 20.5. The number of H-pyrrole nitrogens is 2. The molecule has 8 amide bonds. The zero-order valence-electron chi connectivity index (χ0n) is 63.0. The van der Waals surface area contributed by atoms with E-state index >= 15 is 4.79 Å². The number of rotatable bonds is 44. The van der Waals surface area contributed by atoms with E-state index in [4.69, 9.17) is 95.8 Å². The molecule has 4 atom stereocenters. The minimum absolute atomic E-state index is 0.0132. The Balaban J connectivity index is 0.631. The molecule has 36 heteroatoms. The van der Waals surface area contributed by atoms with Gasteiger partial charge in [0.2, 0.25) is 23.6 Å². The van der Waals surface area contributed by atoms with Crippen LogP contribution in [0.1, 0.15) is 98.4 Å². The number of nitrogens with zero attached hydrogens (tertiary/aromatic N) is 5. The van der Waals surface area contributed by atoms with Crippen LogP contribution >= 0.6 is 55.5 Å². The highest BCUT2D eigenvalue weighted by atomic mass is 35.5. The SMILES string of the molecule is Cc1c[nH]c2c(OC(=S)N(C)CCN(C)C(=S)OCc3ccc(NC(=O)C(CCCNC(N)=O)CC(=O)C(NC(=O)CCOCCOCCOCCOCCOCCOCCN4C(=O)C=CC4=O)C(C)C)cc3)cc3c(c12)C(CCl)CN3C(=O)C12CC(C(=O)N3CC(CCl)c4c3cc(OP(=O)(O)O)c3[nH]cc(C)c43)(C1)C2. The Kier molecular flexibility index (Phi) is 29.9. The maximum Gasteiger partial charge on any atom is 0.524 e. The van der Waals surface area contributed by atoms with Crippen molar-refractivity contribution < 1.29 is 95.1 Å². The Morgan fingerprint density at radius 1 is 0.703 bits per heavy atom. The number of phosphoric ester groups is 1. The molecular weight excluding hydrogens is 1540 g/mol. The Morgan fingerprint density at radius 3 is 1.67 bits per heavy atom. The molecule has 6 aliphatic rings. The van der Waals surface area contributed by atoms with E-state index in [9.17, 15) is 47.9 Å². The predicted molar refractivity (Wildman–Crippen MR) is 422 cm³/mol. The molecule has 9 N–H and O–H groups in total. The van der Waals surface area contributed by atoms with Crippen LogP contribution < -0.4 is 40.7 Å². The van der Waals surface area contributed by atoms with Crippen molar-refractivity contribution in [3.8, 4) is 11.5 Å². The summed E-state index contributed by atoms with van der Waals surface area (Å²) in [6.45, 7) is 12.9. The topological polar surface area (TPSA) is 387 Å². The van der Waals surface area contributed by atoms with E-state index in [1.807, 2.05) is 26.1 Å². The van der Waals surface area contributed by atoms with Crippen molar-refractivity contribution in [3.05, 3.63) is 88.8 Å². The number of fused-ring (bicyclic) bond motifs is 6. The number of alkyl halides is 2. The minimum atomic E-state index is -4.98. The molecule has 3 saturated carbocycles. The first kappa shape index (κ1) is 85.5. The van der Waals surface area contributed by atoms with E-state index in [1.165, 1.54) is 18.2 Å². The standard InChI is InChI=1S/C75H98Cl2N11O20PS2/c1-45(2)65(83-58(90)15-20-100-22-24-102-26-28-104-30-31-105-29-27-103-25-23-101-21-19-86-59(91)13-14-60(86)92)55(89)32-49(8-7-16-79-71(78)96)68(93)82-52-11-9-48(10-12-52)41-106-72(110)84(5)17-18-85(6)73(111)107-56-33-53-63(61-46(3)37-80-66(56)61)50(35-76)39-87(53)69(94)74-42-75(43-74,44-74)70(95)88-40-51(36-77)64-54(88)34-57(108-109(97,98)99)67-62(64)47(4)38-81-67/h9-14,33-34,37-38,45,49-51,65,80-81H,7-8,15-32,35-36,39-44H2,1-6H3,(H,82,93)(H,83,90)(H3,78,79,96)(H2,97,98,99). The largest absolute Gasteiger partial charge is 0.524 e. The second-order valence-electron chi connectivity index (χ2n) is 28.9.